The average Bonchev–Trinajstić information content (AvgIpc) is 2.90. The molecule has 0 N–H and O–H groups in total. The molecule has 1 fully saturated rings. The van der Waals surface area contributed by atoms with Crippen molar-refractivity contribution in [2.75, 3.05) is 0 Å². The van der Waals surface area contributed by atoms with Crippen LogP contribution >= 0.6 is 15.9 Å². The molecular weight excluding hydrogens is 336 g/mol. The number of halogens is 1. The summed E-state index contributed by atoms with van der Waals surface area (Å²) in [7, 11) is 0. The van der Waals surface area contributed by atoms with Gasteiger partial charge in [0.15, 0.2) is 6.10 Å². The molecule has 0 amide bonds. The van der Waals surface area contributed by atoms with Gasteiger partial charge in [-0.05, 0) is 17.7 Å². The van der Waals surface area contributed by atoms with E-state index in [4.69, 9.17) is 9.47 Å². The Morgan fingerprint density at radius 1 is 0.952 bits per heavy atom. The predicted octanol–water partition coefficient (Wildman–Crippen LogP) is 3.91. The molecule has 1 saturated heterocycles. The summed E-state index contributed by atoms with van der Waals surface area (Å²) in [6, 6.07) is 16.0. The zero-order valence-electron chi connectivity index (χ0n) is 10.9. The predicted molar refractivity (Wildman–Crippen MR) is 79.0 cm³/mol. The number of carbonyl (C=O) groups is 2. The van der Waals surface area contributed by atoms with Crippen LogP contribution in [0.4, 0.5) is 4.79 Å². The number of ether oxygens (including phenoxy) is 2. The third-order valence-corrected chi connectivity index (χ3v) is 3.77. The quantitative estimate of drug-likeness (QED) is 0.624. The topological polar surface area (TPSA) is 52.6 Å². The first-order valence-electron chi connectivity index (χ1n) is 6.37. The molecule has 5 heteroatoms. The smallest absolute Gasteiger partial charge is 0.422 e. The molecule has 0 bridgehead atoms. The molecule has 0 spiro atoms. The molecule has 2 aromatic carbocycles. The van der Waals surface area contributed by atoms with E-state index in [1.165, 1.54) is 0 Å². The number of carbonyl (C=O) groups excluding carboxylic acids is 2. The Kier molecular flexibility index (Phi) is 3.75. The highest BCUT2D eigenvalue weighted by atomic mass is 79.9. The molecule has 1 aliphatic rings. The van der Waals surface area contributed by atoms with Crippen LogP contribution in [0.5, 0.6) is 0 Å². The van der Waals surface area contributed by atoms with E-state index in [1.54, 1.807) is 36.4 Å². The molecule has 2 atom stereocenters. The Morgan fingerprint density at radius 3 is 2.29 bits per heavy atom. The van der Waals surface area contributed by atoms with Crippen LogP contribution in [0.15, 0.2) is 59.1 Å². The van der Waals surface area contributed by atoms with Crippen LogP contribution in [0, 0.1) is 0 Å². The molecule has 0 aromatic heterocycles. The number of hydrogen-bond acceptors (Lipinski definition) is 4. The first-order valence-corrected chi connectivity index (χ1v) is 7.16. The van der Waals surface area contributed by atoms with Crippen molar-refractivity contribution in [2.45, 2.75) is 12.2 Å². The highest BCUT2D eigenvalue weighted by molar-refractivity contribution is 9.10. The van der Waals surface area contributed by atoms with Crippen LogP contribution in [0.3, 0.4) is 0 Å². The molecule has 0 aliphatic carbocycles. The maximum atomic E-state index is 12.5. The van der Waals surface area contributed by atoms with E-state index in [0.29, 0.717) is 5.56 Å². The number of benzene rings is 2. The minimum absolute atomic E-state index is 0.276. The van der Waals surface area contributed by atoms with Gasteiger partial charge in [-0.15, -0.1) is 0 Å². The van der Waals surface area contributed by atoms with E-state index < -0.39 is 18.4 Å². The Bertz CT molecular complexity index is 666. The van der Waals surface area contributed by atoms with E-state index in [1.807, 2.05) is 18.2 Å². The van der Waals surface area contributed by atoms with E-state index in [9.17, 15) is 9.59 Å². The second kappa shape index (κ2) is 5.69. The number of rotatable bonds is 3. The summed E-state index contributed by atoms with van der Waals surface area (Å²) in [5.74, 6) is -0.276. The lowest BCUT2D eigenvalue weighted by atomic mass is 9.97. The Morgan fingerprint density at radius 2 is 1.62 bits per heavy atom. The van der Waals surface area contributed by atoms with Gasteiger partial charge >= 0.3 is 6.16 Å². The Labute approximate surface area is 129 Å². The molecule has 2 unspecified atom stereocenters. The second-order valence-electron chi connectivity index (χ2n) is 4.61. The maximum absolute atomic E-state index is 12.5. The summed E-state index contributed by atoms with van der Waals surface area (Å²) in [6.45, 7) is 0. The first kappa shape index (κ1) is 13.8. The van der Waals surface area contributed by atoms with Gasteiger partial charge < -0.3 is 9.47 Å². The van der Waals surface area contributed by atoms with Crippen molar-refractivity contribution >= 4 is 27.9 Å². The molecule has 1 aliphatic heterocycles. The van der Waals surface area contributed by atoms with E-state index in [-0.39, 0.29) is 5.78 Å². The lowest BCUT2D eigenvalue weighted by Crippen LogP contribution is -2.26. The van der Waals surface area contributed by atoms with Crippen molar-refractivity contribution in [3.63, 3.8) is 0 Å². The number of cyclic esters (lactones) is 2. The highest BCUT2D eigenvalue weighted by Gasteiger charge is 2.42. The fourth-order valence-corrected chi connectivity index (χ4v) is 2.48. The number of Topliss-reactive ketones (excluding diaryl/α,β-unsaturated/α-hetero) is 1. The summed E-state index contributed by atoms with van der Waals surface area (Å²) >= 11 is 3.31. The fourth-order valence-electron chi connectivity index (χ4n) is 2.21. The summed E-state index contributed by atoms with van der Waals surface area (Å²) in [5, 5.41) is 0. The van der Waals surface area contributed by atoms with Gasteiger partial charge in [-0.3, -0.25) is 4.79 Å². The van der Waals surface area contributed by atoms with Gasteiger partial charge in [-0.25, -0.2) is 4.79 Å². The van der Waals surface area contributed by atoms with Gasteiger partial charge in [-0.2, -0.15) is 0 Å². The molecular formula is C16H11BrO4. The summed E-state index contributed by atoms with van der Waals surface area (Å²) in [6.07, 6.45) is -2.49. The third kappa shape index (κ3) is 2.83. The average molecular weight is 347 g/mol. The van der Waals surface area contributed by atoms with Gasteiger partial charge in [-0.1, -0.05) is 58.4 Å². The molecule has 0 radical (unpaired) electrons. The van der Waals surface area contributed by atoms with Crippen LogP contribution in [0.2, 0.25) is 0 Å². The van der Waals surface area contributed by atoms with Crippen LogP contribution in [0.25, 0.3) is 0 Å². The zero-order chi connectivity index (χ0) is 14.8. The molecule has 4 nitrogen and oxygen atoms in total. The minimum atomic E-state index is -0.957. The van der Waals surface area contributed by atoms with Crippen molar-refractivity contribution in [1.82, 2.24) is 0 Å². The zero-order valence-corrected chi connectivity index (χ0v) is 12.4. The van der Waals surface area contributed by atoms with Crippen LogP contribution in [-0.4, -0.2) is 18.0 Å². The number of ketones is 1. The summed E-state index contributed by atoms with van der Waals surface area (Å²) in [5.41, 5.74) is 1.21. The van der Waals surface area contributed by atoms with Crippen LogP contribution < -0.4 is 0 Å². The van der Waals surface area contributed by atoms with Crippen LogP contribution in [-0.2, 0) is 9.47 Å². The normalized spacial score (nSPS) is 20.7. The van der Waals surface area contributed by atoms with E-state index in [0.717, 1.165) is 10.0 Å². The van der Waals surface area contributed by atoms with Crippen molar-refractivity contribution in [3.05, 3.63) is 70.2 Å². The summed E-state index contributed by atoms with van der Waals surface area (Å²) < 4.78 is 11.1. The molecule has 0 saturated carbocycles. The van der Waals surface area contributed by atoms with Gasteiger partial charge in [0.1, 0.15) is 0 Å². The molecule has 1 heterocycles. The van der Waals surface area contributed by atoms with Crippen molar-refractivity contribution < 1.29 is 19.1 Å². The Balaban J connectivity index is 1.90. The highest BCUT2D eigenvalue weighted by Crippen LogP contribution is 2.32. The molecule has 2 aromatic rings. The van der Waals surface area contributed by atoms with Gasteiger partial charge in [0, 0.05) is 10.0 Å². The minimum Gasteiger partial charge on any atom is -0.422 e. The first-order chi connectivity index (χ1) is 10.1. The second-order valence-corrected chi connectivity index (χ2v) is 5.52. The van der Waals surface area contributed by atoms with E-state index in [2.05, 4.69) is 15.9 Å². The lowest BCUT2D eigenvalue weighted by molar-refractivity contribution is 0.0716. The maximum Gasteiger partial charge on any atom is 0.509 e. The monoisotopic (exact) mass is 346 g/mol. The summed E-state index contributed by atoms with van der Waals surface area (Å²) in [4.78, 5) is 23.9. The van der Waals surface area contributed by atoms with Crippen molar-refractivity contribution in [2.24, 2.45) is 0 Å². The van der Waals surface area contributed by atoms with Crippen molar-refractivity contribution in [1.29, 1.82) is 0 Å². The van der Waals surface area contributed by atoms with Crippen LogP contribution in [0.1, 0.15) is 22.0 Å². The lowest BCUT2D eigenvalue weighted by Gasteiger charge is -2.14. The molecule has 21 heavy (non-hydrogen) atoms. The van der Waals surface area contributed by atoms with E-state index >= 15 is 0 Å². The van der Waals surface area contributed by atoms with Gasteiger partial charge in [0.05, 0.1) is 0 Å². The number of hydrogen-bond donors (Lipinski definition) is 0. The third-order valence-electron chi connectivity index (χ3n) is 3.24. The SMILES string of the molecule is O=C1OC(C(=O)c2ccc(Br)cc2)C(c2ccccc2)O1. The molecule has 106 valence electrons. The largest absolute Gasteiger partial charge is 0.509 e. The fraction of sp³-hybridized carbons (Fsp3) is 0.125. The molecule has 3 rings (SSSR count). The van der Waals surface area contributed by atoms with Crippen molar-refractivity contribution in [3.8, 4) is 0 Å². The van der Waals surface area contributed by atoms with Gasteiger partial charge in [0.2, 0.25) is 11.9 Å². The Hall–Kier alpha value is -2.14. The van der Waals surface area contributed by atoms with Gasteiger partial charge in [0.25, 0.3) is 0 Å². The standard InChI is InChI=1S/C16H11BrO4/c17-12-8-6-10(7-9-12)13(18)15-14(20-16(19)21-15)11-4-2-1-3-5-11/h1-9,14-15H.